The molecule has 0 aliphatic heterocycles. The summed E-state index contributed by atoms with van der Waals surface area (Å²) in [6.45, 7) is 9.82. The molecule has 4 aromatic rings. The monoisotopic (exact) mass is 465 g/mol. The Hall–Kier alpha value is -3.45. The second kappa shape index (κ2) is 8.83. The number of hydrogen-bond donors (Lipinski definition) is 0. The summed E-state index contributed by atoms with van der Waals surface area (Å²) in [5.41, 5.74) is 4.36. The molecule has 0 bridgehead atoms. The molecule has 4 rings (SSSR count). The summed E-state index contributed by atoms with van der Waals surface area (Å²) < 4.78 is 12.5. The lowest BCUT2D eigenvalue weighted by Gasteiger charge is -2.13. The highest BCUT2D eigenvalue weighted by molar-refractivity contribution is 6.33. The Morgan fingerprint density at radius 2 is 1.91 bits per heavy atom. The van der Waals surface area contributed by atoms with E-state index in [9.17, 15) is 9.59 Å². The van der Waals surface area contributed by atoms with Crippen LogP contribution in [0, 0.1) is 20.8 Å². The third-order valence-electron chi connectivity index (χ3n) is 5.45. The number of hydrogen-bond acceptors (Lipinski definition) is 6. The van der Waals surface area contributed by atoms with Gasteiger partial charge in [0.25, 0.3) is 0 Å². The van der Waals surface area contributed by atoms with Crippen molar-refractivity contribution in [2.45, 2.75) is 47.1 Å². The van der Waals surface area contributed by atoms with Crippen LogP contribution in [0.3, 0.4) is 0 Å². The second-order valence-corrected chi connectivity index (χ2v) is 8.77. The minimum atomic E-state index is -0.694. The van der Waals surface area contributed by atoms with Gasteiger partial charge in [0.15, 0.2) is 11.5 Å². The van der Waals surface area contributed by atoms with Gasteiger partial charge in [0.05, 0.1) is 10.7 Å². The fourth-order valence-corrected chi connectivity index (χ4v) is 4.08. The van der Waals surface area contributed by atoms with Gasteiger partial charge in [0.1, 0.15) is 12.2 Å². The Morgan fingerprint density at radius 1 is 1.15 bits per heavy atom. The van der Waals surface area contributed by atoms with E-state index in [4.69, 9.17) is 20.8 Å². The van der Waals surface area contributed by atoms with Gasteiger partial charge >= 0.3 is 11.6 Å². The van der Waals surface area contributed by atoms with Crippen molar-refractivity contribution in [3.63, 3.8) is 0 Å². The molecule has 0 saturated heterocycles. The number of carbonyl (C=O) groups excluding carboxylic acids is 1. The standard InChI is InChI=1S/C25H24ClN3O4/c1-13(2)18-11-19-17(10-23(30)33-21(19)8-14(18)3)12-32-25(31)24-20(26)6-7-22(27-24)29-16(5)9-15(4)28-29/h6-11,13H,12H2,1-5H3. The van der Waals surface area contributed by atoms with Crippen LogP contribution in [-0.4, -0.2) is 20.7 Å². The average molecular weight is 466 g/mol. The lowest BCUT2D eigenvalue weighted by Crippen LogP contribution is -2.12. The first-order valence-electron chi connectivity index (χ1n) is 10.6. The van der Waals surface area contributed by atoms with Crippen molar-refractivity contribution in [3.8, 4) is 5.82 Å². The zero-order valence-electron chi connectivity index (χ0n) is 19.1. The van der Waals surface area contributed by atoms with Crippen LogP contribution in [0.4, 0.5) is 0 Å². The molecule has 0 radical (unpaired) electrons. The molecule has 33 heavy (non-hydrogen) atoms. The maximum absolute atomic E-state index is 12.9. The van der Waals surface area contributed by atoms with Crippen molar-refractivity contribution in [2.24, 2.45) is 0 Å². The maximum atomic E-state index is 12.9. The third-order valence-corrected chi connectivity index (χ3v) is 5.75. The molecule has 1 aromatic carbocycles. The Kier molecular flexibility index (Phi) is 6.08. The van der Waals surface area contributed by atoms with Crippen molar-refractivity contribution < 1.29 is 13.9 Å². The van der Waals surface area contributed by atoms with Crippen LogP contribution < -0.4 is 5.63 Å². The van der Waals surface area contributed by atoms with Crippen molar-refractivity contribution >= 4 is 28.5 Å². The van der Waals surface area contributed by atoms with Gasteiger partial charge in [0, 0.05) is 22.7 Å². The Morgan fingerprint density at radius 3 is 2.58 bits per heavy atom. The highest BCUT2D eigenvalue weighted by Crippen LogP contribution is 2.27. The molecule has 0 aliphatic carbocycles. The molecule has 0 aliphatic rings. The van der Waals surface area contributed by atoms with Gasteiger partial charge in [-0.15, -0.1) is 0 Å². The molecule has 7 nitrogen and oxygen atoms in total. The number of nitrogens with zero attached hydrogens (tertiary/aromatic N) is 3. The van der Waals surface area contributed by atoms with Gasteiger partial charge < -0.3 is 9.15 Å². The first-order valence-corrected chi connectivity index (χ1v) is 11.0. The summed E-state index contributed by atoms with van der Waals surface area (Å²) in [7, 11) is 0. The van der Waals surface area contributed by atoms with Crippen LogP contribution in [-0.2, 0) is 11.3 Å². The summed E-state index contributed by atoms with van der Waals surface area (Å²) in [5, 5.41) is 5.29. The van der Waals surface area contributed by atoms with E-state index in [1.54, 1.807) is 16.8 Å². The van der Waals surface area contributed by atoms with E-state index in [2.05, 4.69) is 23.9 Å². The van der Waals surface area contributed by atoms with Crippen LogP contribution in [0.1, 0.15) is 58.3 Å². The van der Waals surface area contributed by atoms with E-state index in [-0.39, 0.29) is 23.2 Å². The summed E-state index contributed by atoms with van der Waals surface area (Å²) in [4.78, 5) is 29.3. The molecule has 0 unspecified atom stereocenters. The van der Waals surface area contributed by atoms with E-state index in [0.29, 0.717) is 17.0 Å². The molecule has 8 heteroatoms. The number of aromatic nitrogens is 3. The number of halogens is 1. The third kappa shape index (κ3) is 4.54. The maximum Gasteiger partial charge on any atom is 0.358 e. The molecular weight excluding hydrogens is 442 g/mol. The first-order chi connectivity index (χ1) is 15.6. The Labute approximate surface area is 196 Å². The zero-order chi connectivity index (χ0) is 23.9. The summed E-state index contributed by atoms with van der Waals surface area (Å²) in [5.74, 6) is 0.0534. The van der Waals surface area contributed by atoms with Crippen LogP contribution in [0.25, 0.3) is 16.8 Å². The lowest BCUT2D eigenvalue weighted by molar-refractivity contribution is 0.0467. The highest BCUT2D eigenvalue weighted by Gasteiger charge is 2.18. The fraction of sp³-hybridized carbons (Fsp3) is 0.280. The molecule has 170 valence electrons. The number of aryl methyl sites for hydroxylation is 3. The Balaban J connectivity index is 1.65. The molecule has 3 aromatic heterocycles. The van der Waals surface area contributed by atoms with Crippen LogP contribution in [0.15, 0.2) is 45.6 Å². The van der Waals surface area contributed by atoms with Crippen LogP contribution in [0.2, 0.25) is 5.02 Å². The van der Waals surface area contributed by atoms with E-state index in [0.717, 1.165) is 27.9 Å². The van der Waals surface area contributed by atoms with Gasteiger partial charge in [-0.05, 0) is 68.1 Å². The van der Waals surface area contributed by atoms with Crippen molar-refractivity contribution in [3.05, 3.63) is 85.6 Å². The molecule has 0 saturated carbocycles. The van der Waals surface area contributed by atoms with E-state index in [1.807, 2.05) is 39.0 Å². The molecular formula is C25H24ClN3O4. The summed E-state index contributed by atoms with van der Waals surface area (Å²) in [6.07, 6.45) is 0. The number of rotatable bonds is 5. The van der Waals surface area contributed by atoms with E-state index < -0.39 is 11.6 Å². The van der Waals surface area contributed by atoms with Crippen LogP contribution in [0.5, 0.6) is 0 Å². The van der Waals surface area contributed by atoms with Crippen molar-refractivity contribution in [1.82, 2.24) is 14.8 Å². The number of carbonyl (C=O) groups is 1. The summed E-state index contributed by atoms with van der Waals surface area (Å²) in [6, 6.07) is 10.3. The van der Waals surface area contributed by atoms with Crippen LogP contribution >= 0.6 is 11.6 Å². The minimum absolute atomic E-state index is 0.0206. The Bertz CT molecular complexity index is 1440. The molecule has 0 fully saturated rings. The number of fused-ring (bicyclic) bond motifs is 1. The van der Waals surface area contributed by atoms with Gasteiger partial charge in [-0.3, -0.25) is 0 Å². The number of ether oxygens (including phenoxy) is 1. The lowest BCUT2D eigenvalue weighted by atomic mass is 9.95. The molecule has 0 atom stereocenters. The first kappa shape index (κ1) is 22.7. The number of pyridine rings is 1. The molecule has 3 heterocycles. The van der Waals surface area contributed by atoms with Gasteiger partial charge in [-0.25, -0.2) is 19.3 Å². The van der Waals surface area contributed by atoms with Crippen molar-refractivity contribution in [2.75, 3.05) is 0 Å². The largest absolute Gasteiger partial charge is 0.456 e. The second-order valence-electron chi connectivity index (χ2n) is 8.37. The fourth-order valence-electron chi connectivity index (χ4n) is 3.90. The molecule has 0 amide bonds. The summed E-state index contributed by atoms with van der Waals surface area (Å²) >= 11 is 6.24. The quantitative estimate of drug-likeness (QED) is 0.288. The predicted octanol–water partition coefficient (Wildman–Crippen LogP) is 5.43. The predicted molar refractivity (Wildman–Crippen MR) is 126 cm³/mol. The van der Waals surface area contributed by atoms with Gasteiger partial charge in [-0.1, -0.05) is 25.4 Å². The van der Waals surface area contributed by atoms with E-state index in [1.165, 1.54) is 6.07 Å². The van der Waals surface area contributed by atoms with Crippen molar-refractivity contribution in [1.29, 1.82) is 0 Å². The SMILES string of the molecule is Cc1cc(C)n(-c2ccc(Cl)c(C(=O)OCc3cc(=O)oc4cc(C)c(C(C)C)cc34)n2)n1. The molecule has 0 N–H and O–H groups in total. The van der Waals surface area contributed by atoms with Gasteiger partial charge in [0.2, 0.25) is 0 Å². The van der Waals surface area contributed by atoms with E-state index >= 15 is 0 Å². The zero-order valence-corrected chi connectivity index (χ0v) is 19.9. The van der Waals surface area contributed by atoms with Gasteiger partial charge in [-0.2, -0.15) is 5.10 Å². The highest BCUT2D eigenvalue weighted by atomic mass is 35.5. The number of benzene rings is 1. The minimum Gasteiger partial charge on any atom is -0.456 e. The topological polar surface area (TPSA) is 87.2 Å². The molecule has 0 spiro atoms. The smallest absolute Gasteiger partial charge is 0.358 e. The normalized spacial score (nSPS) is 11.4. The number of esters is 1. The average Bonchev–Trinajstić information content (AvgIpc) is 3.09.